The van der Waals surface area contributed by atoms with Gasteiger partial charge < -0.3 is 24.3 Å². The maximum absolute atomic E-state index is 15.0. The zero-order chi connectivity index (χ0) is 32.4. The predicted molar refractivity (Wildman–Crippen MR) is 169 cm³/mol. The summed E-state index contributed by atoms with van der Waals surface area (Å²) >= 11 is 0. The fraction of sp³-hybridized carbons (Fsp3) is 0.657. The topological polar surface area (TPSA) is 82.2 Å². The Balaban J connectivity index is 1.23. The van der Waals surface area contributed by atoms with Crippen molar-refractivity contribution in [2.24, 2.45) is 5.92 Å². The molecule has 2 aromatic rings. The highest BCUT2D eigenvalue weighted by Crippen LogP contribution is 2.41. The summed E-state index contributed by atoms with van der Waals surface area (Å²) in [6.45, 7) is 11.3. The Morgan fingerprint density at radius 3 is 2.71 bits per heavy atom. The number of hydrogen-bond acceptors (Lipinski definition) is 8. The number of aromatic nitrogens is 1. The third-order valence-electron chi connectivity index (χ3n) is 8.97. The summed E-state index contributed by atoms with van der Waals surface area (Å²) < 4.78 is 53.5. The lowest BCUT2D eigenvalue weighted by atomic mass is 9.82. The number of pyridine rings is 1. The van der Waals surface area contributed by atoms with E-state index in [4.69, 9.17) is 23.9 Å². The zero-order valence-electron chi connectivity index (χ0n) is 27.6. The van der Waals surface area contributed by atoms with Crippen LogP contribution in [-0.2, 0) is 33.5 Å². The van der Waals surface area contributed by atoms with E-state index in [0.717, 1.165) is 67.9 Å². The number of fused-ring (bicyclic) bond motifs is 2. The van der Waals surface area contributed by atoms with Gasteiger partial charge in [0.1, 0.15) is 40.4 Å². The Hall–Kier alpha value is -2.98. The number of rotatable bonds is 11. The number of carbonyl (C=O) groups is 1. The molecule has 1 aromatic carbocycles. The quantitative estimate of drug-likeness (QED) is 0.227. The third kappa shape index (κ3) is 8.25. The minimum absolute atomic E-state index is 0.0701. The smallest absolute Gasteiger partial charge is 0.328 e. The van der Waals surface area contributed by atoms with Crippen LogP contribution in [-0.4, -0.2) is 73.2 Å². The number of aryl methyl sites for hydroxylation is 1. The van der Waals surface area contributed by atoms with E-state index < -0.39 is 35.0 Å². The molecular formula is C35H49F2N3O5. The van der Waals surface area contributed by atoms with Crippen molar-refractivity contribution < 1.29 is 32.5 Å². The van der Waals surface area contributed by atoms with Gasteiger partial charge in [-0.05, 0) is 91.2 Å². The molecule has 0 radical (unpaired) electrons. The molecule has 3 atom stereocenters. The minimum atomic E-state index is -1.49. The van der Waals surface area contributed by atoms with E-state index in [1.165, 1.54) is 26.0 Å². The number of anilines is 1. The molecule has 1 saturated heterocycles. The van der Waals surface area contributed by atoms with E-state index in [1.807, 2.05) is 31.7 Å². The van der Waals surface area contributed by atoms with Crippen molar-refractivity contribution in [1.29, 1.82) is 0 Å². The molecule has 10 heteroatoms. The second kappa shape index (κ2) is 13.8. The maximum Gasteiger partial charge on any atom is 0.328 e. The van der Waals surface area contributed by atoms with Gasteiger partial charge in [-0.15, -0.1) is 0 Å². The fourth-order valence-electron chi connectivity index (χ4n) is 6.54. The molecule has 0 spiro atoms. The first kappa shape index (κ1) is 33.4. The molecule has 8 nitrogen and oxygen atoms in total. The number of nitrogens with zero attached hydrogens (tertiary/aromatic N) is 2. The third-order valence-corrected chi connectivity index (χ3v) is 8.97. The van der Waals surface area contributed by atoms with Crippen LogP contribution in [0.1, 0.15) is 88.7 Å². The van der Waals surface area contributed by atoms with Crippen LogP contribution in [0.25, 0.3) is 0 Å². The van der Waals surface area contributed by atoms with Gasteiger partial charge >= 0.3 is 5.97 Å². The molecule has 248 valence electrons. The van der Waals surface area contributed by atoms with E-state index in [0.29, 0.717) is 43.0 Å². The molecule has 0 bridgehead atoms. The highest BCUT2D eigenvalue weighted by molar-refractivity contribution is 5.79. The highest BCUT2D eigenvalue weighted by atomic mass is 19.1. The number of methoxy groups -OCH3 is 1. The molecule has 45 heavy (non-hydrogen) atoms. The zero-order valence-corrected chi connectivity index (χ0v) is 27.6. The number of nitrogens with one attached hydrogen (secondary N) is 1. The number of alkyl halides is 1. The average molecular weight is 630 g/mol. The van der Waals surface area contributed by atoms with Crippen LogP contribution in [0, 0.1) is 11.7 Å². The summed E-state index contributed by atoms with van der Waals surface area (Å²) in [5.74, 6) is 0.834. The molecule has 4 heterocycles. The number of likely N-dealkylation sites (tertiary alicyclic amines) is 1. The van der Waals surface area contributed by atoms with Crippen LogP contribution in [0.4, 0.5) is 14.6 Å². The van der Waals surface area contributed by atoms with Gasteiger partial charge in [0, 0.05) is 61.1 Å². The van der Waals surface area contributed by atoms with Crippen molar-refractivity contribution >= 4 is 11.8 Å². The number of halogens is 2. The standard InChI is InChI=1S/C35H49F2N3O5/c1-34(2,3)45-33(41)31(28-17-23(36)18-30-27(28)16-22(21-44-30)35(4,5)37)40-14-12-25(20-40)43-15-8-7-10-24-19-29(42-6)26-11-9-13-38-32(26)39-24/h17-19,22,25,31H,7-16,20-21H2,1-6H3,(H,38,39)/t22?,25-,31?/m1/s1. The molecule has 1 N–H and O–H groups in total. The minimum Gasteiger partial charge on any atom is -0.496 e. The highest BCUT2D eigenvalue weighted by Gasteiger charge is 2.41. The van der Waals surface area contributed by atoms with E-state index in [2.05, 4.69) is 5.32 Å². The van der Waals surface area contributed by atoms with Gasteiger partial charge in [0.05, 0.1) is 19.8 Å². The van der Waals surface area contributed by atoms with Gasteiger partial charge in [-0.3, -0.25) is 4.90 Å². The molecule has 3 aliphatic heterocycles. The number of ether oxygens (including phenoxy) is 4. The first-order chi connectivity index (χ1) is 21.3. The first-order valence-electron chi connectivity index (χ1n) is 16.4. The van der Waals surface area contributed by atoms with Crippen LogP contribution in [0.15, 0.2) is 18.2 Å². The van der Waals surface area contributed by atoms with Crippen LogP contribution in [0.5, 0.6) is 11.5 Å². The maximum atomic E-state index is 15.0. The van der Waals surface area contributed by atoms with Crippen LogP contribution in [0.3, 0.4) is 0 Å². The Kier molecular flexibility index (Phi) is 10.2. The number of benzene rings is 1. The van der Waals surface area contributed by atoms with E-state index >= 15 is 4.39 Å². The SMILES string of the molecule is COc1cc(CCCCO[C@@H]2CCN(C(C(=O)OC(C)(C)C)c3cc(F)cc4c3CC(C(C)(C)F)CO4)C2)nc2c1CCCN2. The molecule has 0 amide bonds. The molecule has 0 saturated carbocycles. The van der Waals surface area contributed by atoms with E-state index in [1.54, 1.807) is 7.11 Å². The van der Waals surface area contributed by atoms with Crippen molar-refractivity contribution in [1.82, 2.24) is 9.88 Å². The Morgan fingerprint density at radius 1 is 1.18 bits per heavy atom. The number of carbonyl (C=O) groups excluding carboxylic acids is 1. The molecule has 5 rings (SSSR count). The molecule has 1 aromatic heterocycles. The van der Waals surface area contributed by atoms with Gasteiger partial charge in [-0.25, -0.2) is 18.6 Å². The normalized spacial score (nSPS) is 20.9. The summed E-state index contributed by atoms with van der Waals surface area (Å²) in [6.07, 6.45) is 5.70. The van der Waals surface area contributed by atoms with Crippen LogP contribution < -0.4 is 14.8 Å². The summed E-state index contributed by atoms with van der Waals surface area (Å²) in [6, 6.07) is 3.91. The summed E-state index contributed by atoms with van der Waals surface area (Å²) in [4.78, 5) is 20.6. The van der Waals surface area contributed by atoms with Gasteiger partial charge in [-0.2, -0.15) is 0 Å². The van der Waals surface area contributed by atoms with Crippen molar-refractivity contribution in [2.45, 2.75) is 103 Å². The fourth-order valence-corrected chi connectivity index (χ4v) is 6.54. The number of esters is 1. The Bertz CT molecular complexity index is 1340. The van der Waals surface area contributed by atoms with Gasteiger partial charge in [0.15, 0.2) is 0 Å². The van der Waals surface area contributed by atoms with Crippen molar-refractivity contribution in [3.05, 3.63) is 46.4 Å². The lowest BCUT2D eigenvalue weighted by Crippen LogP contribution is -2.40. The Morgan fingerprint density at radius 2 is 1.98 bits per heavy atom. The van der Waals surface area contributed by atoms with Gasteiger partial charge in [0.2, 0.25) is 0 Å². The molecule has 0 aliphatic carbocycles. The van der Waals surface area contributed by atoms with Gasteiger partial charge in [0.25, 0.3) is 0 Å². The van der Waals surface area contributed by atoms with E-state index in [-0.39, 0.29) is 12.7 Å². The summed E-state index contributed by atoms with van der Waals surface area (Å²) in [5.41, 5.74) is 1.09. The molecule has 1 fully saturated rings. The van der Waals surface area contributed by atoms with Gasteiger partial charge in [-0.1, -0.05) is 0 Å². The number of hydrogen-bond donors (Lipinski definition) is 1. The Labute approximate surface area is 266 Å². The van der Waals surface area contributed by atoms with E-state index in [9.17, 15) is 9.18 Å². The molecule has 3 aliphatic rings. The molecular weight excluding hydrogens is 580 g/mol. The summed E-state index contributed by atoms with van der Waals surface area (Å²) in [5, 5.41) is 3.39. The lowest BCUT2D eigenvalue weighted by molar-refractivity contribution is -0.161. The average Bonchev–Trinajstić information content (AvgIpc) is 3.43. The van der Waals surface area contributed by atoms with Crippen molar-refractivity contribution in [2.75, 3.05) is 45.3 Å². The summed E-state index contributed by atoms with van der Waals surface area (Å²) in [7, 11) is 1.71. The second-order valence-corrected chi connectivity index (χ2v) is 14.1. The lowest BCUT2D eigenvalue weighted by Gasteiger charge is -2.36. The van der Waals surface area contributed by atoms with Crippen molar-refractivity contribution in [3.63, 3.8) is 0 Å². The number of unbranched alkanes of at least 4 members (excludes halogenated alkanes) is 1. The molecule has 2 unspecified atom stereocenters. The van der Waals surface area contributed by atoms with Crippen LogP contribution in [0.2, 0.25) is 0 Å². The monoisotopic (exact) mass is 629 g/mol. The first-order valence-corrected chi connectivity index (χ1v) is 16.4. The van der Waals surface area contributed by atoms with Crippen molar-refractivity contribution in [3.8, 4) is 11.5 Å². The second-order valence-electron chi connectivity index (χ2n) is 14.1. The predicted octanol–water partition coefficient (Wildman–Crippen LogP) is 6.38. The van der Waals surface area contributed by atoms with Crippen LogP contribution >= 0.6 is 0 Å². The largest absolute Gasteiger partial charge is 0.496 e.